The quantitative estimate of drug-likeness (QED) is 0.713. The third-order valence-electron chi connectivity index (χ3n) is 2.43. The fraction of sp³-hybridized carbons (Fsp3) is 0. The van der Waals surface area contributed by atoms with Crippen molar-refractivity contribution in [3.8, 4) is 11.5 Å². The van der Waals surface area contributed by atoms with Crippen molar-refractivity contribution in [3.63, 3.8) is 0 Å². The Balaban J connectivity index is 2.42. The van der Waals surface area contributed by atoms with Crippen LogP contribution in [0.4, 0.5) is 8.78 Å². The van der Waals surface area contributed by atoms with Crippen molar-refractivity contribution >= 4 is 49.1 Å². The molecule has 0 spiro atoms. The summed E-state index contributed by atoms with van der Waals surface area (Å²) in [5, 5.41) is 0. The standard InChI is InChI=1S/C13H7Br2F2NOS/c14-8-3-1-6(16)5-10(8)19-9-4-2-7(13(18)20)11(15)12(9)17/h1-5H,(H2,18,20). The van der Waals surface area contributed by atoms with Gasteiger partial charge in [0.05, 0.1) is 8.95 Å². The Morgan fingerprint density at radius 1 is 1.10 bits per heavy atom. The van der Waals surface area contributed by atoms with Crippen LogP contribution in [0.5, 0.6) is 11.5 Å². The van der Waals surface area contributed by atoms with Crippen LogP contribution in [0.1, 0.15) is 5.56 Å². The first kappa shape index (κ1) is 15.3. The Labute approximate surface area is 136 Å². The van der Waals surface area contributed by atoms with Gasteiger partial charge in [0.2, 0.25) is 0 Å². The van der Waals surface area contributed by atoms with Crippen molar-refractivity contribution in [3.05, 3.63) is 56.5 Å². The highest BCUT2D eigenvalue weighted by Crippen LogP contribution is 2.35. The van der Waals surface area contributed by atoms with E-state index in [1.807, 2.05) is 0 Å². The van der Waals surface area contributed by atoms with Gasteiger partial charge in [0.25, 0.3) is 0 Å². The second-order valence-electron chi connectivity index (χ2n) is 3.78. The molecule has 2 aromatic rings. The summed E-state index contributed by atoms with van der Waals surface area (Å²) in [6.45, 7) is 0. The minimum absolute atomic E-state index is 0.0641. The maximum Gasteiger partial charge on any atom is 0.180 e. The number of benzene rings is 2. The summed E-state index contributed by atoms with van der Waals surface area (Å²) in [6, 6.07) is 6.79. The number of halogens is 4. The number of ether oxygens (including phenoxy) is 1. The predicted octanol–water partition coefficient (Wildman–Crippen LogP) is 4.92. The molecule has 7 heteroatoms. The van der Waals surface area contributed by atoms with Crippen LogP contribution >= 0.6 is 44.1 Å². The molecule has 0 aromatic heterocycles. The molecule has 104 valence electrons. The minimum Gasteiger partial charge on any atom is -0.453 e. The largest absolute Gasteiger partial charge is 0.453 e. The van der Waals surface area contributed by atoms with Gasteiger partial charge >= 0.3 is 0 Å². The van der Waals surface area contributed by atoms with E-state index in [1.165, 1.54) is 24.3 Å². The summed E-state index contributed by atoms with van der Waals surface area (Å²) < 4.78 is 33.3. The summed E-state index contributed by atoms with van der Waals surface area (Å²) >= 11 is 11.1. The Bertz CT molecular complexity index is 694. The molecule has 0 radical (unpaired) electrons. The second-order valence-corrected chi connectivity index (χ2v) is 5.87. The number of nitrogens with two attached hydrogens (primary N) is 1. The molecule has 2 aromatic carbocycles. The van der Waals surface area contributed by atoms with E-state index in [0.29, 0.717) is 10.0 Å². The lowest BCUT2D eigenvalue weighted by Crippen LogP contribution is -2.11. The summed E-state index contributed by atoms with van der Waals surface area (Å²) in [5.41, 5.74) is 5.83. The number of rotatable bonds is 3. The zero-order chi connectivity index (χ0) is 14.9. The van der Waals surface area contributed by atoms with Crippen LogP contribution in [0.15, 0.2) is 39.3 Å². The molecule has 0 saturated heterocycles. The third-order valence-corrected chi connectivity index (χ3v) is 4.08. The minimum atomic E-state index is -0.661. The van der Waals surface area contributed by atoms with Crippen molar-refractivity contribution in [1.29, 1.82) is 0 Å². The number of hydrogen-bond donors (Lipinski definition) is 1. The van der Waals surface area contributed by atoms with E-state index in [1.54, 1.807) is 0 Å². The van der Waals surface area contributed by atoms with Gasteiger partial charge in [-0.1, -0.05) is 12.2 Å². The molecule has 0 aliphatic rings. The lowest BCUT2D eigenvalue weighted by Gasteiger charge is -2.11. The smallest absolute Gasteiger partial charge is 0.180 e. The van der Waals surface area contributed by atoms with Gasteiger partial charge in [0, 0.05) is 11.6 Å². The zero-order valence-electron chi connectivity index (χ0n) is 9.79. The highest BCUT2D eigenvalue weighted by atomic mass is 79.9. The fourth-order valence-corrected chi connectivity index (χ4v) is 2.64. The zero-order valence-corrected chi connectivity index (χ0v) is 13.8. The molecule has 0 aliphatic carbocycles. The van der Waals surface area contributed by atoms with Crippen molar-refractivity contribution < 1.29 is 13.5 Å². The van der Waals surface area contributed by atoms with Gasteiger partial charge < -0.3 is 10.5 Å². The van der Waals surface area contributed by atoms with Crippen molar-refractivity contribution in [2.75, 3.05) is 0 Å². The Morgan fingerprint density at radius 2 is 1.80 bits per heavy atom. The molecule has 0 atom stereocenters. The maximum atomic E-state index is 14.1. The molecular formula is C13H7Br2F2NOS. The van der Waals surface area contributed by atoms with E-state index in [2.05, 4.69) is 31.9 Å². The maximum absolute atomic E-state index is 14.1. The van der Waals surface area contributed by atoms with Gasteiger partial charge in [-0.2, -0.15) is 0 Å². The monoisotopic (exact) mass is 421 g/mol. The van der Waals surface area contributed by atoms with Gasteiger partial charge in [0.1, 0.15) is 16.6 Å². The molecule has 0 unspecified atom stereocenters. The average Bonchev–Trinajstić information content (AvgIpc) is 2.39. The molecule has 0 fully saturated rings. The third kappa shape index (κ3) is 3.16. The average molecular weight is 423 g/mol. The molecule has 0 bridgehead atoms. The Hall–Kier alpha value is -1.05. The van der Waals surface area contributed by atoms with Gasteiger partial charge in [-0.3, -0.25) is 0 Å². The summed E-state index contributed by atoms with van der Waals surface area (Å²) in [4.78, 5) is 0.0641. The van der Waals surface area contributed by atoms with E-state index >= 15 is 0 Å². The van der Waals surface area contributed by atoms with Crippen molar-refractivity contribution in [2.24, 2.45) is 5.73 Å². The predicted molar refractivity (Wildman–Crippen MR) is 84.2 cm³/mol. The topological polar surface area (TPSA) is 35.2 Å². The van der Waals surface area contributed by atoms with E-state index < -0.39 is 11.6 Å². The molecule has 0 amide bonds. The SMILES string of the molecule is NC(=S)c1ccc(Oc2cc(F)ccc2Br)c(F)c1Br. The normalized spacial score (nSPS) is 10.4. The van der Waals surface area contributed by atoms with Gasteiger partial charge in [-0.05, 0) is 56.1 Å². The van der Waals surface area contributed by atoms with Crippen LogP contribution in [0, 0.1) is 11.6 Å². The molecule has 2 rings (SSSR count). The van der Waals surface area contributed by atoms with Crippen molar-refractivity contribution in [1.82, 2.24) is 0 Å². The first-order chi connectivity index (χ1) is 9.40. The summed E-state index contributed by atoms with van der Waals surface area (Å²) in [7, 11) is 0. The summed E-state index contributed by atoms with van der Waals surface area (Å²) in [5.74, 6) is -1.05. The van der Waals surface area contributed by atoms with Gasteiger partial charge in [-0.25, -0.2) is 8.78 Å². The van der Waals surface area contributed by atoms with Gasteiger partial charge in [-0.15, -0.1) is 0 Å². The molecule has 0 saturated carbocycles. The van der Waals surface area contributed by atoms with Crippen LogP contribution in [0.2, 0.25) is 0 Å². The fourth-order valence-electron chi connectivity index (χ4n) is 1.47. The number of thiocarbonyl (C=S) groups is 1. The molecule has 0 heterocycles. The van der Waals surface area contributed by atoms with E-state index in [9.17, 15) is 8.78 Å². The first-order valence-electron chi connectivity index (χ1n) is 5.31. The van der Waals surface area contributed by atoms with E-state index in [-0.39, 0.29) is 21.0 Å². The summed E-state index contributed by atoms with van der Waals surface area (Å²) in [6.07, 6.45) is 0. The highest BCUT2D eigenvalue weighted by molar-refractivity contribution is 9.10. The first-order valence-corrected chi connectivity index (χ1v) is 7.30. The lowest BCUT2D eigenvalue weighted by atomic mass is 10.2. The Kier molecular flexibility index (Phi) is 4.72. The van der Waals surface area contributed by atoms with Gasteiger partial charge in [0.15, 0.2) is 11.6 Å². The Morgan fingerprint density at radius 3 is 2.45 bits per heavy atom. The van der Waals surface area contributed by atoms with E-state index in [0.717, 1.165) is 6.07 Å². The molecule has 2 N–H and O–H groups in total. The van der Waals surface area contributed by atoms with Crippen LogP contribution in [0.25, 0.3) is 0 Å². The molecule has 2 nitrogen and oxygen atoms in total. The van der Waals surface area contributed by atoms with E-state index in [4.69, 9.17) is 22.7 Å². The van der Waals surface area contributed by atoms with Crippen LogP contribution in [0.3, 0.4) is 0 Å². The lowest BCUT2D eigenvalue weighted by molar-refractivity contribution is 0.434. The van der Waals surface area contributed by atoms with Crippen LogP contribution < -0.4 is 10.5 Å². The highest BCUT2D eigenvalue weighted by Gasteiger charge is 2.15. The van der Waals surface area contributed by atoms with Crippen LogP contribution in [-0.2, 0) is 0 Å². The van der Waals surface area contributed by atoms with Crippen LogP contribution in [-0.4, -0.2) is 4.99 Å². The molecular weight excluding hydrogens is 416 g/mol. The number of hydrogen-bond acceptors (Lipinski definition) is 2. The molecule has 0 aliphatic heterocycles. The molecule has 20 heavy (non-hydrogen) atoms. The van der Waals surface area contributed by atoms with Crippen molar-refractivity contribution in [2.45, 2.75) is 0 Å². The second kappa shape index (κ2) is 6.15.